The van der Waals surface area contributed by atoms with Crippen LogP contribution in [0.5, 0.6) is 5.88 Å². The number of allylic oxidation sites excluding steroid dienone is 2. The third-order valence-electron chi connectivity index (χ3n) is 4.60. The molecule has 2 unspecified atom stereocenters. The lowest BCUT2D eigenvalue weighted by atomic mass is 9.85. The molecule has 2 atom stereocenters. The van der Waals surface area contributed by atoms with Crippen LogP contribution in [0.4, 0.5) is 0 Å². The zero-order chi connectivity index (χ0) is 14.8. The maximum Gasteiger partial charge on any atom is 0.341 e. The Balaban J connectivity index is 1.78. The maximum absolute atomic E-state index is 11.4. The summed E-state index contributed by atoms with van der Waals surface area (Å²) in [5.41, 5.74) is 2.27. The molecule has 21 heavy (non-hydrogen) atoms. The van der Waals surface area contributed by atoms with Gasteiger partial charge in [0.2, 0.25) is 5.88 Å². The van der Waals surface area contributed by atoms with Crippen LogP contribution in [0.25, 0.3) is 0 Å². The topological polar surface area (TPSA) is 59.4 Å². The van der Waals surface area contributed by atoms with Gasteiger partial charge in [0.15, 0.2) is 0 Å². The van der Waals surface area contributed by atoms with Crippen LogP contribution >= 0.6 is 0 Å². The zero-order valence-corrected chi connectivity index (χ0v) is 12.3. The van der Waals surface area contributed by atoms with Gasteiger partial charge in [-0.25, -0.2) is 9.78 Å². The molecule has 1 aromatic heterocycles. The Hall–Kier alpha value is -1.84. The van der Waals surface area contributed by atoms with Crippen molar-refractivity contribution in [2.75, 3.05) is 6.61 Å². The van der Waals surface area contributed by atoms with Crippen LogP contribution in [-0.2, 0) is 12.8 Å². The first-order valence-corrected chi connectivity index (χ1v) is 7.69. The molecule has 4 heteroatoms. The summed E-state index contributed by atoms with van der Waals surface area (Å²) in [5.74, 6) is 0.345. The van der Waals surface area contributed by atoms with E-state index in [2.05, 4.69) is 24.1 Å². The number of carbonyl (C=O) groups is 1. The monoisotopic (exact) mass is 287 g/mol. The fraction of sp³-hybridized carbons (Fsp3) is 0.529. The molecule has 3 rings (SSSR count). The number of ether oxygens (including phenoxy) is 1. The van der Waals surface area contributed by atoms with Gasteiger partial charge in [0.05, 0.1) is 6.61 Å². The molecule has 1 heterocycles. The molecule has 0 bridgehead atoms. The Morgan fingerprint density at radius 3 is 2.95 bits per heavy atom. The molecule has 2 aliphatic carbocycles. The van der Waals surface area contributed by atoms with Crippen molar-refractivity contribution in [1.29, 1.82) is 0 Å². The first-order chi connectivity index (χ1) is 10.1. The largest absolute Gasteiger partial charge is 0.477 e. The molecular formula is C17H21NO3. The van der Waals surface area contributed by atoms with Gasteiger partial charge in [-0.05, 0) is 55.6 Å². The van der Waals surface area contributed by atoms with E-state index in [0.29, 0.717) is 24.3 Å². The second-order valence-corrected chi connectivity index (χ2v) is 6.10. The number of hydrogen-bond acceptors (Lipinski definition) is 3. The number of carboxylic acid groups (broad SMARTS) is 1. The van der Waals surface area contributed by atoms with Crippen LogP contribution in [0, 0.1) is 11.8 Å². The van der Waals surface area contributed by atoms with Crippen molar-refractivity contribution in [3.8, 4) is 5.88 Å². The van der Waals surface area contributed by atoms with Crippen molar-refractivity contribution >= 4 is 5.97 Å². The van der Waals surface area contributed by atoms with E-state index in [4.69, 9.17) is 4.74 Å². The standard InChI is InChI=1S/C17H21NO3/c1-11-5-2-3-6-13(11)10-21-16-14(17(19)20)9-12-7-4-8-15(12)18-16/h2-3,9,11,13H,4-8,10H2,1H3,(H,19,20). The highest BCUT2D eigenvalue weighted by Gasteiger charge is 2.23. The van der Waals surface area contributed by atoms with E-state index in [0.717, 1.165) is 43.4 Å². The number of pyridine rings is 1. The van der Waals surface area contributed by atoms with Gasteiger partial charge in [0.1, 0.15) is 5.56 Å². The van der Waals surface area contributed by atoms with Crippen molar-refractivity contribution in [3.05, 3.63) is 35.0 Å². The number of rotatable bonds is 4. The molecule has 1 N–H and O–H groups in total. The average molecular weight is 287 g/mol. The Bertz CT molecular complexity index is 580. The van der Waals surface area contributed by atoms with E-state index in [9.17, 15) is 9.90 Å². The first-order valence-electron chi connectivity index (χ1n) is 7.69. The van der Waals surface area contributed by atoms with Crippen molar-refractivity contribution in [3.63, 3.8) is 0 Å². The predicted octanol–water partition coefficient (Wildman–Crippen LogP) is 3.25. The second kappa shape index (κ2) is 5.88. The SMILES string of the molecule is CC1CC=CCC1COc1nc2c(cc1C(=O)O)CCC2. The van der Waals surface area contributed by atoms with Crippen LogP contribution in [0.1, 0.15) is 47.8 Å². The molecular weight excluding hydrogens is 266 g/mol. The second-order valence-electron chi connectivity index (χ2n) is 6.10. The summed E-state index contributed by atoms with van der Waals surface area (Å²) in [4.78, 5) is 15.9. The minimum Gasteiger partial charge on any atom is -0.477 e. The lowest BCUT2D eigenvalue weighted by molar-refractivity contribution is 0.0689. The Morgan fingerprint density at radius 2 is 2.19 bits per heavy atom. The molecule has 0 aliphatic heterocycles. The highest BCUT2D eigenvalue weighted by Crippen LogP contribution is 2.29. The summed E-state index contributed by atoms with van der Waals surface area (Å²) >= 11 is 0. The van der Waals surface area contributed by atoms with Crippen molar-refractivity contribution in [1.82, 2.24) is 4.98 Å². The maximum atomic E-state index is 11.4. The normalized spacial score (nSPS) is 23.9. The Kier molecular flexibility index (Phi) is 3.95. The van der Waals surface area contributed by atoms with Gasteiger partial charge in [-0.1, -0.05) is 19.1 Å². The van der Waals surface area contributed by atoms with E-state index >= 15 is 0 Å². The zero-order valence-electron chi connectivity index (χ0n) is 12.3. The van der Waals surface area contributed by atoms with E-state index in [1.165, 1.54) is 0 Å². The summed E-state index contributed by atoms with van der Waals surface area (Å²) in [6.45, 7) is 2.75. The van der Waals surface area contributed by atoms with Crippen LogP contribution in [0.3, 0.4) is 0 Å². The highest BCUT2D eigenvalue weighted by atomic mass is 16.5. The summed E-state index contributed by atoms with van der Waals surface area (Å²) in [7, 11) is 0. The molecule has 1 aromatic rings. The summed E-state index contributed by atoms with van der Waals surface area (Å²) in [6, 6.07) is 1.75. The molecule has 0 spiro atoms. The van der Waals surface area contributed by atoms with Crippen LogP contribution in [0.2, 0.25) is 0 Å². The number of hydrogen-bond donors (Lipinski definition) is 1. The van der Waals surface area contributed by atoms with E-state index < -0.39 is 5.97 Å². The number of aromatic nitrogens is 1. The highest BCUT2D eigenvalue weighted by molar-refractivity contribution is 5.90. The van der Waals surface area contributed by atoms with Gasteiger partial charge in [-0.15, -0.1) is 0 Å². The van der Waals surface area contributed by atoms with E-state index in [-0.39, 0.29) is 5.56 Å². The molecule has 4 nitrogen and oxygen atoms in total. The number of fused-ring (bicyclic) bond motifs is 1. The molecule has 0 amide bonds. The van der Waals surface area contributed by atoms with Crippen molar-refractivity contribution in [2.45, 2.75) is 39.0 Å². The summed E-state index contributed by atoms with van der Waals surface area (Å²) in [5, 5.41) is 9.35. The average Bonchev–Trinajstić information content (AvgIpc) is 2.92. The fourth-order valence-electron chi connectivity index (χ4n) is 3.14. The van der Waals surface area contributed by atoms with Gasteiger partial charge in [0.25, 0.3) is 0 Å². The lowest BCUT2D eigenvalue weighted by Gasteiger charge is -2.25. The fourth-order valence-corrected chi connectivity index (χ4v) is 3.14. The number of aryl methyl sites for hydroxylation is 2. The molecule has 0 aromatic carbocycles. The summed E-state index contributed by atoms with van der Waals surface area (Å²) < 4.78 is 5.81. The van der Waals surface area contributed by atoms with Gasteiger partial charge in [0, 0.05) is 5.69 Å². The van der Waals surface area contributed by atoms with Crippen LogP contribution < -0.4 is 4.74 Å². The molecule has 0 radical (unpaired) electrons. The number of nitrogens with zero attached hydrogens (tertiary/aromatic N) is 1. The number of carboxylic acids is 1. The third kappa shape index (κ3) is 2.94. The van der Waals surface area contributed by atoms with Crippen molar-refractivity contribution in [2.24, 2.45) is 11.8 Å². The Morgan fingerprint density at radius 1 is 1.38 bits per heavy atom. The number of aromatic carboxylic acids is 1. The predicted molar refractivity (Wildman–Crippen MR) is 79.7 cm³/mol. The van der Waals surface area contributed by atoms with E-state index in [1.807, 2.05) is 0 Å². The van der Waals surface area contributed by atoms with Gasteiger partial charge < -0.3 is 9.84 Å². The molecule has 0 saturated heterocycles. The molecule has 112 valence electrons. The third-order valence-corrected chi connectivity index (χ3v) is 4.60. The quantitative estimate of drug-likeness (QED) is 0.864. The summed E-state index contributed by atoms with van der Waals surface area (Å²) in [6.07, 6.45) is 9.35. The van der Waals surface area contributed by atoms with Crippen LogP contribution in [0.15, 0.2) is 18.2 Å². The minimum absolute atomic E-state index is 0.203. The minimum atomic E-state index is -0.955. The van der Waals surface area contributed by atoms with Crippen molar-refractivity contribution < 1.29 is 14.6 Å². The Labute approximate surface area is 124 Å². The van der Waals surface area contributed by atoms with E-state index in [1.54, 1.807) is 6.07 Å². The molecule has 0 fully saturated rings. The lowest BCUT2D eigenvalue weighted by Crippen LogP contribution is -2.22. The molecule has 2 aliphatic rings. The first kappa shape index (κ1) is 14.1. The molecule has 0 saturated carbocycles. The van der Waals surface area contributed by atoms with Crippen LogP contribution in [-0.4, -0.2) is 22.7 Å². The van der Waals surface area contributed by atoms with Gasteiger partial charge in [-0.3, -0.25) is 0 Å². The van der Waals surface area contributed by atoms with Gasteiger partial charge in [-0.2, -0.15) is 0 Å². The smallest absolute Gasteiger partial charge is 0.341 e. The van der Waals surface area contributed by atoms with Gasteiger partial charge >= 0.3 is 5.97 Å².